The predicted octanol–water partition coefficient (Wildman–Crippen LogP) is 2.73. The lowest BCUT2D eigenvalue weighted by Crippen LogP contribution is -2.54. The highest BCUT2D eigenvalue weighted by Crippen LogP contribution is 2.32. The Morgan fingerprint density at radius 3 is 2.41 bits per heavy atom. The first-order valence-electron chi connectivity index (χ1n) is 11.4. The van der Waals surface area contributed by atoms with E-state index in [2.05, 4.69) is 10.6 Å². The molecule has 180 valence electrons. The van der Waals surface area contributed by atoms with E-state index in [1.807, 2.05) is 13.8 Å². The van der Waals surface area contributed by atoms with Gasteiger partial charge in [0.1, 0.15) is 11.9 Å². The number of amides is 3. The smallest absolute Gasteiger partial charge is 0.256 e. The summed E-state index contributed by atoms with van der Waals surface area (Å²) >= 11 is 0. The molecule has 8 nitrogen and oxygen atoms in total. The molecular formula is C25H28FN3O5. The van der Waals surface area contributed by atoms with Crippen LogP contribution >= 0.6 is 0 Å². The zero-order chi connectivity index (χ0) is 24.2. The Morgan fingerprint density at radius 2 is 1.71 bits per heavy atom. The number of ether oxygens (including phenoxy) is 2. The topological polar surface area (TPSA) is 97.0 Å². The van der Waals surface area contributed by atoms with Gasteiger partial charge in [-0.2, -0.15) is 0 Å². The van der Waals surface area contributed by atoms with Crippen LogP contribution in [-0.4, -0.2) is 54.6 Å². The van der Waals surface area contributed by atoms with E-state index >= 15 is 0 Å². The first-order valence-corrected chi connectivity index (χ1v) is 11.4. The summed E-state index contributed by atoms with van der Waals surface area (Å²) in [6.07, 6.45) is 0.996. The molecule has 2 aliphatic rings. The summed E-state index contributed by atoms with van der Waals surface area (Å²) in [5.41, 5.74) is 0.393. The van der Waals surface area contributed by atoms with Crippen molar-refractivity contribution in [1.29, 1.82) is 0 Å². The Labute approximate surface area is 197 Å². The zero-order valence-electron chi connectivity index (χ0n) is 19.2. The van der Waals surface area contributed by atoms with Crippen molar-refractivity contribution in [3.63, 3.8) is 0 Å². The number of likely N-dealkylation sites (tertiary alicyclic amines) is 1. The molecule has 0 saturated carbocycles. The molecule has 0 aliphatic carbocycles. The molecule has 3 amide bonds. The van der Waals surface area contributed by atoms with Crippen LogP contribution in [0, 0.1) is 11.7 Å². The van der Waals surface area contributed by atoms with E-state index in [1.165, 1.54) is 12.1 Å². The van der Waals surface area contributed by atoms with Gasteiger partial charge >= 0.3 is 0 Å². The van der Waals surface area contributed by atoms with Gasteiger partial charge in [0.2, 0.25) is 12.7 Å². The average molecular weight is 470 g/mol. The van der Waals surface area contributed by atoms with Gasteiger partial charge in [-0.25, -0.2) is 4.39 Å². The van der Waals surface area contributed by atoms with Gasteiger partial charge in [-0.1, -0.05) is 12.1 Å². The summed E-state index contributed by atoms with van der Waals surface area (Å²) < 4.78 is 24.7. The Morgan fingerprint density at radius 1 is 1.00 bits per heavy atom. The number of benzene rings is 2. The van der Waals surface area contributed by atoms with Gasteiger partial charge < -0.3 is 25.0 Å². The third-order valence-electron chi connectivity index (χ3n) is 6.04. The lowest BCUT2D eigenvalue weighted by Gasteiger charge is -2.36. The van der Waals surface area contributed by atoms with Crippen LogP contribution in [0.25, 0.3) is 0 Å². The molecule has 2 aliphatic heterocycles. The van der Waals surface area contributed by atoms with Crippen LogP contribution in [0.15, 0.2) is 42.5 Å². The highest BCUT2D eigenvalue weighted by atomic mass is 19.1. The van der Waals surface area contributed by atoms with Gasteiger partial charge in [0, 0.05) is 24.7 Å². The molecule has 0 unspecified atom stereocenters. The van der Waals surface area contributed by atoms with E-state index in [-0.39, 0.29) is 36.1 Å². The minimum Gasteiger partial charge on any atom is -0.454 e. The monoisotopic (exact) mass is 469 g/mol. The first kappa shape index (κ1) is 23.5. The fourth-order valence-electron chi connectivity index (χ4n) is 4.27. The molecule has 1 atom stereocenters. The van der Waals surface area contributed by atoms with E-state index in [9.17, 15) is 18.8 Å². The summed E-state index contributed by atoms with van der Waals surface area (Å²) in [5.74, 6) is -0.728. The van der Waals surface area contributed by atoms with Crippen LogP contribution in [0.4, 0.5) is 4.39 Å². The van der Waals surface area contributed by atoms with Crippen molar-refractivity contribution >= 4 is 17.7 Å². The largest absolute Gasteiger partial charge is 0.454 e. The molecule has 1 saturated heterocycles. The van der Waals surface area contributed by atoms with Crippen LogP contribution in [0.3, 0.4) is 0 Å². The van der Waals surface area contributed by atoms with Crippen molar-refractivity contribution in [3.05, 3.63) is 59.4 Å². The standard InChI is InChI=1S/C25H28FN3O5/c1-15(2)27-24(31)22(28-23(30)17-7-8-20-21(13-17)34-14-33-20)16-9-11-29(12-10-16)25(32)18-5-3-4-6-19(18)26/h3-8,13,15-16,22H,9-12,14H2,1-2H3,(H,27,31)(H,28,30)/t22-/m0/s1. The van der Waals surface area contributed by atoms with Gasteiger partial charge in [-0.05, 0) is 62.9 Å². The second-order valence-electron chi connectivity index (χ2n) is 8.79. The van der Waals surface area contributed by atoms with Gasteiger partial charge in [-0.3, -0.25) is 14.4 Å². The van der Waals surface area contributed by atoms with Crippen molar-refractivity contribution in [2.45, 2.75) is 38.8 Å². The second-order valence-corrected chi connectivity index (χ2v) is 8.79. The highest BCUT2D eigenvalue weighted by molar-refractivity contribution is 5.98. The average Bonchev–Trinajstić information content (AvgIpc) is 3.30. The number of carbonyl (C=O) groups excluding carboxylic acids is 3. The number of hydrogen-bond donors (Lipinski definition) is 2. The Kier molecular flexibility index (Phi) is 7.00. The quantitative estimate of drug-likeness (QED) is 0.678. The van der Waals surface area contributed by atoms with Gasteiger partial charge in [0.15, 0.2) is 11.5 Å². The number of nitrogens with zero attached hydrogens (tertiary/aromatic N) is 1. The maximum atomic E-state index is 14.1. The molecule has 2 aromatic rings. The van der Waals surface area contributed by atoms with Crippen molar-refractivity contribution in [2.24, 2.45) is 5.92 Å². The molecule has 9 heteroatoms. The van der Waals surface area contributed by atoms with Gasteiger partial charge in [-0.15, -0.1) is 0 Å². The zero-order valence-corrected chi connectivity index (χ0v) is 19.2. The van der Waals surface area contributed by atoms with Crippen molar-refractivity contribution < 1.29 is 28.2 Å². The van der Waals surface area contributed by atoms with Gasteiger partial charge in [0.05, 0.1) is 5.56 Å². The molecule has 2 aromatic carbocycles. The second kappa shape index (κ2) is 10.1. The Bertz CT molecular complexity index is 1080. The minimum atomic E-state index is -0.772. The van der Waals surface area contributed by atoms with E-state index < -0.39 is 17.8 Å². The van der Waals surface area contributed by atoms with Crippen LogP contribution in [0.2, 0.25) is 0 Å². The van der Waals surface area contributed by atoms with Crippen LogP contribution in [-0.2, 0) is 4.79 Å². The fourth-order valence-corrected chi connectivity index (χ4v) is 4.27. The fraction of sp³-hybridized carbons (Fsp3) is 0.400. The SMILES string of the molecule is CC(C)NC(=O)[C@@H](NC(=O)c1ccc2c(c1)OCO2)C1CCN(C(=O)c2ccccc2F)CC1. The lowest BCUT2D eigenvalue weighted by atomic mass is 9.88. The van der Waals surface area contributed by atoms with E-state index in [0.717, 1.165) is 0 Å². The highest BCUT2D eigenvalue weighted by Gasteiger charge is 2.35. The van der Waals surface area contributed by atoms with Crippen LogP contribution in [0.1, 0.15) is 47.4 Å². The summed E-state index contributed by atoms with van der Waals surface area (Å²) in [7, 11) is 0. The molecule has 0 aromatic heterocycles. The number of halogens is 1. The summed E-state index contributed by atoms with van der Waals surface area (Å²) in [6.45, 7) is 4.53. The summed E-state index contributed by atoms with van der Waals surface area (Å²) in [4.78, 5) is 40.3. The molecule has 0 bridgehead atoms. The number of nitrogens with one attached hydrogen (secondary N) is 2. The van der Waals surface area contributed by atoms with E-state index in [4.69, 9.17) is 9.47 Å². The predicted molar refractivity (Wildman–Crippen MR) is 122 cm³/mol. The van der Waals surface area contributed by atoms with E-state index in [1.54, 1.807) is 35.2 Å². The normalized spacial score (nSPS) is 16.3. The summed E-state index contributed by atoms with van der Waals surface area (Å²) in [5, 5.41) is 5.75. The molecule has 0 radical (unpaired) electrons. The van der Waals surface area contributed by atoms with Crippen molar-refractivity contribution in [2.75, 3.05) is 19.9 Å². The number of fused-ring (bicyclic) bond motifs is 1. The third-order valence-corrected chi connectivity index (χ3v) is 6.04. The van der Waals surface area contributed by atoms with Crippen molar-refractivity contribution in [1.82, 2.24) is 15.5 Å². The number of hydrogen-bond acceptors (Lipinski definition) is 5. The van der Waals surface area contributed by atoms with Gasteiger partial charge in [0.25, 0.3) is 11.8 Å². The molecule has 34 heavy (non-hydrogen) atoms. The number of carbonyl (C=O) groups is 3. The summed E-state index contributed by atoms with van der Waals surface area (Å²) in [6, 6.07) is 9.89. The molecule has 0 spiro atoms. The van der Waals surface area contributed by atoms with E-state index in [0.29, 0.717) is 43.0 Å². The molecular weight excluding hydrogens is 441 g/mol. The maximum Gasteiger partial charge on any atom is 0.256 e. The Balaban J connectivity index is 1.45. The van der Waals surface area contributed by atoms with Crippen LogP contribution in [0.5, 0.6) is 11.5 Å². The molecule has 1 fully saturated rings. The van der Waals surface area contributed by atoms with Crippen molar-refractivity contribution in [3.8, 4) is 11.5 Å². The minimum absolute atomic E-state index is 0.0335. The Hall–Kier alpha value is -3.62. The first-order chi connectivity index (χ1) is 16.3. The molecule has 4 rings (SSSR count). The lowest BCUT2D eigenvalue weighted by molar-refractivity contribution is -0.125. The molecule has 2 heterocycles. The van der Waals surface area contributed by atoms with Crippen LogP contribution < -0.4 is 20.1 Å². The maximum absolute atomic E-state index is 14.1. The molecule has 2 N–H and O–H groups in total. The third kappa shape index (κ3) is 5.13. The number of rotatable bonds is 6. The number of piperidine rings is 1.